The van der Waals surface area contributed by atoms with E-state index in [0.29, 0.717) is 29.9 Å². The zero-order valence-electron chi connectivity index (χ0n) is 18.6. The van der Waals surface area contributed by atoms with E-state index >= 15 is 0 Å². The van der Waals surface area contributed by atoms with Gasteiger partial charge in [0.25, 0.3) is 5.91 Å². The number of benzene rings is 1. The summed E-state index contributed by atoms with van der Waals surface area (Å²) in [5, 5.41) is 5.49. The predicted molar refractivity (Wildman–Crippen MR) is 119 cm³/mol. The van der Waals surface area contributed by atoms with Crippen LogP contribution >= 0.6 is 0 Å². The van der Waals surface area contributed by atoms with Crippen LogP contribution < -0.4 is 32.4 Å². The second-order valence-corrected chi connectivity index (χ2v) is 7.56. The number of nitrogens with one attached hydrogen (secondary N) is 3. The fourth-order valence-electron chi connectivity index (χ4n) is 3.28. The van der Waals surface area contributed by atoms with E-state index in [0.717, 1.165) is 0 Å². The molecule has 0 atom stereocenters. The number of hydrogen-bond donors (Lipinski definition) is 5. The topological polar surface area (TPSA) is 161 Å². The molecule has 0 saturated carbocycles. The van der Waals surface area contributed by atoms with Gasteiger partial charge in [0.15, 0.2) is 0 Å². The molecular formula is C21H25F3N8O3. The summed E-state index contributed by atoms with van der Waals surface area (Å²) in [6.45, 7) is 1.01. The van der Waals surface area contributed by atoms with Crippen molar-refractivity contribution < 1.29 is 27.5 Å². The number of halogens is 3. The van der Waals surface area contributed by atoms with Gasteiger partial charge in [0, 0.05) is 56.3 Å². The molecule has 0 radical (unpaired) electrons. The minimum absolute atomic E-state index is 0.0992. The van der Waals surface area contributed by atoms with Crippen molar-refractivity contribution in [3.05, 3.63) is 59.2 Å². The Kier molecular flexibility index (Phi) is 8.30. The Morgan fingerprint density at radius 3 is 2.60 bits per heavy atom. The lowest BCUT2D eigenvalue weighted by Gasteiger charge is -2.29. The summed E-state index contributed by atoms with van der Waals surface area (Å²) in [6.07, 6.45) is -1.54. The van der Waals surface area contributed by atoms with Crippen molar-refractivity contribution in [3.8, 4) is 5.75 Å². The quantitative estimate of drug-likeness (QED) is 0.253. The Labute approximate surface area is 198 Å². The van der Waals surface area contributed by atoms with Gasteiger partial charge in [-0.15, -0.1) is 13.2 Å². The van der Waals surface area contributed by atoms with Crippen LogP contribution in [-0.4, -0.2) is 52.7 Å². The van der Waals surface area contributed by atoms with Crippen LogP contribution in [0.1, 0.15) is 28.8 Å². The maximum atomic E-state index is 12.3. The monoisotopic (exact) mass is 494 g/mol. The lowest BCUT2D eigenvalue weighted by atomic mass is 10.1. The summed E-state index contributed by atoms with van der Waals surface area (Å²) in [5.74, 6) is 4.62. The molecule has 1 aromatic heterocycles. The molecule has 0 saturated heterocycles. The van der Waals surface area contributed by atoms with Crippen molar-refractivity contribution in [1.82, 2.24) is 25.6 Å². The maximum absolute atomic E-state index is 12.3. The maximum Gasteiger partial charge on any atom is 0.573 e. The summed E-state index contributed by atoms with van der Waals surface area (Å²) in [7, 11) is 0. The van der Waals surface area contributed by atoms with Crippen molar-refractivity contribution in [2.24, 2.45) is 11.6 Å². The lowest BCUT2D eigenvalue weighted by Crippen LogP contribution is -2.43. The first kappa shape index (κ1) is 25.6. The molecule has 14 heteroatoms. The zero-order chi connectivity index (χ0) is 25.4. The van der Waals surface area contributed by atoms with Gasteiger partial charge < -0.3 is 31.4 Å². The third kappa shape index (κ3) is 7.74. The van der Waals surface area contributed by atoms with Crippen LogP contribution in [-0.2, 0) is 11.3 Å². The minimum atomic E-state index is -4.77. The largest absolute Gasteiger partial charge is 0.573 e. The number of aromatic nitrogens is 2. The highest BCUT2D eigenvalue weighted by molar-refractivity contribution is 5.93. The Morgan fingerprint density at radius 2 is 1.94 bits per heavy atom. The Balaban J connectivity index is 1.43. The Hall–Kier alpha value is -4.07. The molecule has 188 valence electrons. The Bertz CT molecular complexity index is 1080. The molecule has 0 bridgehead atoms. The molecule has 1 aliphatic heterocycles. The van der Waals surface area contributed by atoms with E-state index in [1.54, 1.807) is 11.0 Å². The van der Waals surface area contributed by atoms with Crippen LogP contribution in [0, 0.1) is 0 Å². The van der Waals surface area contributed by atoms with Crippen molar-refractivity contribution in [2.45, 2.75) is 25.7 Å². The van der Waals surface area contributed by atoms with Gasteiger partial charge in [0.05, 0.1) is 12.1 Å². The number of nitrogens with two attached hydrogens (primary N) is 2. The second kappa shape index (κ2) is 11.4. The average molecular weight is 494 g/mol. The number of hydrazine groups is 1. The van der Waals surface area contributed by atoms with Crippen molar-refractivity contribution in [3.63, 3.8) is 0 Å². The lowest BCUT2D eigenvalue weighted by molar-refractivity contribution is -0.274. The number of anilines is 1. The molecule has 0 fully saturated rings. The van der Waals surface area contributed by atoms with Crippen LogP contribution in [0.2, 0.25) is 0 Å². The zero-order valence-corrected chi connectivity index (χ0v) is 18.6. The number of hydrogen-bond acceptors (Lipinski definition) is 9. The fraction of sp³-hybridized carbons (Fsp3) is 0.333. The molecule has 2 aromatic rings. The molecule has 2 amide bonds. The highest BCUT2D eigenvalue weighted by Crippen LogP contribution is 2.23. The summed E-state index contributed by atoms with van der Waals surface area (Å²) < 4.78 is 40.9. The highest BCUT2D eigenvalue weighted by atomic mass is 19.4. The number of rotatable bonds is 9. The van der Waals surface area contributed by atoms with E-state index in [1.807, 2.05) is 0 Å². The predicted octanol–water partition coefficient (Wildman–Crippen LogP) is 0.973. The van der Waals surface area contributed by atoms with E-state index in [2.05, 4.69) is 30.8 Å². The van der Waals surface area contributed by atoms with Gasteiger partial charge in [-0.2, -0.15) is 0 Å². The molecule has 11 nitrogen and oxygen atoms in total. The summed E-state index contributed by atoms with van der Waals surface area (Å²) in [4.78, 5) is 34.3. The molecule has 1 aliphatic rings. The summed E-state index contributed by atoms with van der Waals surface area (Å²) in [6, 6.07) is 5.49. The van der Waals surface area contributed by atoms with Gasteiger partial charge in [-0.05, 0) is 17.7 Å². The van der Waals surface area contributed by atoms with Gasteiger partial charge in [0.2, 0.25) is 11.9 Å². The first-order valence-electron chi connectivity index (χ1n) is 10.6. The molecule has 0 spiro atoms. The average Bonchev–Trinajstić information content (AvgIpc) is 2.82. The normalized spacial score (nSPS) is 13.9. The van der Waals surface area contributed by atoms with E-state index in [4.69, 9.17) is 11.6 Å². The van der Waals surface area contributed by atoms with Crippen LogP contribution in [0.3, 0.4) is 0 Å². The minimum Gasteiger partial charge on any atom is -0.406 e. The summed E-state index contributed by atoms with van der Waals surface area (Å²) >= 11 is 0. The van der Waals surface area contributed by atoms with E-state index in [-0.39, 0.29) is 49.2 Å². The third-order valence-corrected chi connectivity index (χ3v) is 5.03. The smallest absolute Gasteiger partial charge is 0.406 e. The molecule has 2 heterocycles. The number of carbonyl (C=O) groups is 2. The van der Waals surface area contributed by atoms with Crippen molar-refractivity contribution in [1.29, 1.82) is 0 Å². The first-order chi connectivity index (χ1) is 16.6. The molecule has 0 aliphatic carbocycles. The van der Waals surface area contributed by atoms with E-state index in [9.17, 15) is 22.8 Å². The number of ether oxygens (including phenoxy) is 1. The van der Waals surface area contributed by atoms with Gasteiger partial charge in [0.1, 0.15) is 5.75 Å². The number of alkyl halides is 3. The molecule has 0 unspecified atom stereocenters. The summed E-state index contributed by atoms with van der Waals surface area (Å²) in [5.41, 5.74) is 10.3. The Morgan fingerprint density at radius 1 is 1.20 bits per heavy atom. The molecule has 3 rings (SSSR count). The molecular weight excluding hydrogens is 469 g/mol. The first-order valence-corrected chi connectivity index (χ1v) is 10.6. The van der Waals surface area contributed by atoms with Crippen LogP contribution in [0.25, 0.3) is 0 Å². The standard InChI is InChI=1S/C21H25F3N8O3/c22-21(23,24)35-15-3-1-2-13(8-15)9-28-20-29-10-14(11-30-20)19(34)27-6-4-18(33)32-7-5-17(31-26)16(25)12-32/h1-3,8,10-11,31H,4-7,9,12,25-26H2,(H,27,34)(H,28,29,30). The number of nitrogens with zero attached hydrogens (tertiary/aromatic N) is 3. The number of amides is 2. The highest BCUT2D eigenvalue weighted by Gasteiger charge is 2.31. The van der Waals surface area contributed by atoms with E-state index < -0.39 is 12.3 Å². The molecule has 35 heavy (non-hydrogen) atoms. The SMILES string of the molecule is NNC1=C(N)CN(C(=O)CCNC(=O)c2cnc(NCc3cccc(OC(F)(F)F)c3)nc2)CC1. The fourth-order valence-corrected chi connectivity index (χ4v) is 3.28. The molecule has 1 aromatic carbocycles. The van der Waals surface area contributed by atoms with Crippen molar-refractivity contribution >= 4 is 17.8 Å². The van der Waals surface area contributed by atoms with Gasteiger partial charge in [-0.3, -0.25) is 15.4 Å². The van der Waals surface area contributed by atoms with Crippen LogP contribution in [0.4, 0.5) is 19.1 Å². The third-order valence-electron chi connectivity index (χ3n) is 5.03. The van der Waals surface area contributed by atoms with E-state index in [1.165, 1.54) is 30.6 Å². The van der Waals surface area contributed by atoms with Gasteiger partial charge in [-0.25, -0.2) is 9.97 Å². The number of carbonyl (C=O) groups excluding carboxylic acids is 2. The van der Waals surface area contributed by atoms with Crippen LogP contribution in [0.5, 0.6) is 5.75 Å². The second-order valence-electron chi connectivity index (χ2n) is 7.56. The van der Waals surface area contributed by atoms with Crippen LogP contribution in [0.15, 0.2) is 48.1 Å². The van der Waals surface area contributed by atoms with Gasteiger partial charge in [-0.1, -0.05) is 12.1 Å². The molecule has 7 N–H and O–H groups in total. The van der Waals surface area contributed by atoms with Crippen molar-refractivity contribution in [2.75, 3.05) is 25.0 Å². The van der Waals surface area contributed by atoms with Gasteiger partial charge >= 0.3 is 6.36 Å².